The lowest BCUT2D eigenvalue weighted by molar-refractivity contribution is 0.0946. The van der Waals surface area contributed by atoms with E-state index in [4.69, 9.17) is 9.47 Å². The molecule has 0 spiro atoms. The summed E-state index contributed by atoms with van der Waals surface area (Å²) in [7, 11) is 0. The van der Waals surface area contributed by atoms with Crippen molar-refractivity contribution >= 4 is 16.8 Å². The van der Waals surface area contributed by atoms with Crippen LogP contribution in [0, 0.1) is 13.8 Å². The maximum atomic E-state index is 12.6. The van der Waals surface area contributed by atoms with E-state index < -0.39 is 0 Å². The zero-order chi connectivity index (χ0) is 20.0. The normalized spacial score (nSPS) is 12.5. The molecule has 3 N–H and O–H groups in total. The highest BCUT2D eigenvalue weighted by atomic mass is 16.7. The first-order valence-electron chi connectivity index (χ1n) is 9.40. The second kappa shape index (κ2) is 6.70. The number of carbonyl (C=O) groups excluding carboxylic acids is 1. The SMILES string of the molecule is Cc1[nH]c2ccc(CNC(=O)c3cc(-c4ccc5c(c4)OCO5)n[nH]3)cc2c1C. The van der Waals surface area contributed by atoms with Crippen LogP contribution in [-0.4, -0.2) is 27.9 Å². The molecule has 3 heterocycles. The van der Waals surface area contributed by atoms with Gasteiger partial charge < -0.3 is 19.8 Å². The molecule has 0 saturated heterocycles. The standard InChI is InChI=1S/C22H20N4O3/c1-12-13(2)24-17-5-3-14(7-16(12)17)10-23-22(27)19-9-18(25-26-19)15-4-6-20-21(8-15)29-11-28-20/h3-9,24H,10-11H2,1-2H3,(H,23,27)(H,25,26). The molecular formula is C22H20N4O3. The van der Waals surface area contributed by atoms with Crippen molar-refractivity contribution in [2.75, 3.05) is 6.79 Å². The summed E-state index contributed by atoms with van der Waals surface area (Å²) in [6.07, 6.45) is 0. The van der Waals surface area contributed by atoms with Crippen molar-refractivity contribution in [3.63, 3.8) is 0 Å². The minimum absolute atomic E-state index is 0.202. The third kappa shape index (κ3) is 3.10. The summed E-state index contributed by atoms with van der Waals surface area (Å²) in [5, 5.41) is 11.2. The first-order valence-corrected chi connectivity index (χ1v) is 9.40. The van der Waals surface area contributed by atoms with Crippen LogP contribution in [0.1, 0.15) is 27.3 Å². The van der Waals surface area contributed by atoms with Crippen molar-refractivity contribution in [2.24, 2.45) is 0 Å². The molecule has 1 aliphatic heterocycles. The Morgan fingerprint density at radius 2 is 1.97 bits per heavy atom. The molecule has 0 saturated carbocycles. The molecule has 5 rings (SSSR count). The Morgan fingerprint density at radius 1 is 1.10 bits per heavy atom. The molecule has 0 unspecified atom stereocenters. The predicted octanol–water partition coefficient (Wildman–Crippen LogP) is 3.83. The molecule has 2 aromatic carbocycles. The van der Waals surface area contributed by atoms with E-state index in [1.165, 1.54) is 10.9 Å². The Kier molecular flexibility index (Phi) is 4.01. The van der Waals surface area contributed by atoms with Gasteiger partial charge in [-0.25, -0.2) is 0 Å². The molecule has 29 heavy (non-hydrogen) atoms. The van der Waals surface area contributed by atoms with Gasteiger partial charge in [-0.1, -0.05) is 6.07 Å². The number of hydrogen-bond donors (Lipinski definition) is 3. The summed E-state index contributed by atoms with van der Waals surface area (Å²) >= 11 is 0. The van der Waals surface area contributed by atoms with Crippen molar-refractivity contribution < 1.29 is 14.3 Å². The number of aromatic amines is 2. The van der Waals surface area contributed by atoms with Gasteiger partial charge in [0.15, 0.2) is 11.5 Å². The Bertz CT molecular complexity index is 1240. The van der Waals surface area contributed by atoms with Crippen LogP contribution in [0.25, 0.3) is 22.2 Å². The summed E-state index contributed by atoms with van der Waals surface area (Å²) in [5.41, 5.74) is 6.49. The number of H-pyrrole nitrogens is 2. The quantitative estimate of drug-likeness (QED) is 0.495. The second-order valence-corrected chi connectivity index (χ2v) is 7.17. The fourth-order valence-electron chi connectivity index (χ4n) is 3.54. The van der Waals surface area contributed by atoms with Crippen LogP contribution in [0.4, 0.5) is 0 Å². The zero-order valence-electron chi connectivity index (χ0n) is 16.1. The van der Waals surface area contributed by atoms with E-state index in [0.29, 0.717) is 29.4 Å². The topological polar surface area (TPSA) is 92.0 Å². The van der Waals surface area contributed by atoms with Gasteiger partial charge in [0, 0.05) is 28.7 Å². The first-order chi connectivity index (χ1) is 14.1. The summed E-state index contributed by atoms with van der Waals surface area (Å²) in [5.74, 6) is 1.20. The Labute approximate surface area is 167 Å². The van der Waals surface area contributed by atoms with Gasteiger partial charge in [-0.2, -0.15) is 5.10 Å². The first kappa shape index (κ1) is 17.4. The average molecular weight is 388 g/mol. The molecule has 0 bridgehead atoms. The third-order valence-corrected chi connectivity index (χ3v) is 5.32. The van der Waals surface area contributed by atoms with Crippen LogP contribution in [-0.2, 0) is 6.54 Å². The number of rotatable bonds is 4. The van der Waals surface area contributed by atoms with Gasteiger partial charge >= 0.3 is 0 Å². The lowest BCUT2D eigenvalue weighted by atomic mass is 10.1. The van der Waals surface area contributed by atoms with E-state index in [-0.39, 0.29) is 12.7 Å². The number of aryl methyl sites for hydroxylation is 2. The molecule has 0 atom stereocenters. The van der Waals surface area contributed by atoms with Crippen LogP contribution in [0.3, 0.4) is 0 Å². The highest BCUT2D eigenvalue weighted by Crippen LogP contribution is 2.35. The van der Waals surface area contributed by atoms with E-state index >= 15 is 0 Å². The van der Waals surface area contributed by atoms with Crippen molar-refractivity contribution in [2.45, 2.75) is 20.4 Å². The summed E-state index contributed by atoms with van der Waals surface area (Å²) in [6, 6.07) is 13.5. The van der Waals surface area contributed by atoms with Gasteiger partial charge in [0.25, 0.3) is 5.91 Å². The van der Waals surface area contributed by atoms with Gasteiger partial charge in [-0.05, 0) is 61.4 Å². The van der Waals surface area contributed by atoms with Gasteiger partial charge in [0.1, 0.15) is 5.69 Å². The molecule has 1 amide bonds. The highest BCUT2D eigenvalue weighted by molar-refractivity contribution is 5.93. The number of aromatic nitrogens is 3. The van der Waals surface area contributed by atoms with Gasteiger partial charge in [-0.15, -0.1) is 0 Å². The van der Waals surface area contributed by atoms with Crippen LogP contribution in [0.15, 0.2) is 42.5 Å². The maximum Gasteiger partial charge on any atom is 0.269 e. The van der Waals surface area contributed by atoms with Gasteiger partial charge in [0.2, 0.25) is 6.79 Å². The Morgan fingerprint density at radius 3 is 2.86 bits per heavy atom. The smallest absolute Gasteiger partial charge is 0.269 e. The molecular weight excluding hydrogens is 368 g/mol. The Hall–Kier alpha value is -3.74. The molecule has 0 fully saturated rings. The van der Waals surface area contributed by atoms with Crippen LogP contribution >= 0.6 is 0 Å². The number of carbonyl (C=O) groups is 1. The predicted molar refractivity (Wildman–Crippen MR) is 109 cm³/mol. The van der Waals surface area contributed by atoms with E-state index in [9.17, 15) is 4.79 Å². The third-order valence-electron chi connectivity index (χ3n) is 5.32. The van der Waals surface area contributed by atoms with Gasteiger partial charge in [-0.3, -0.25) is 9.89 Å². The summed E-state index contributed by atoms with van der Waals surface area (Å²) in [4.78, 5) is 15.9. The monoisotopic (exact) mass is 388 g/mol. The number of nitrogens with zero attached hydrogens (tertiary/aromatic N) is 1. The fraction of sp³-hybridized carbons (Fsp3) is 0.182. The molecule has 7 nitrogen and oxygen atoms in total. The zero-order valence-corrected chi connectivity index (χ0v) is 16.1. The van der Waals surface area contributed by atoms with Crippen molar-refractivity contribution in [1.82, 2.24) is 20.5 Å². The van der Waals surface area contributed by atoms with Crippen LogP contribution in [0.5, 0.6) is 11.5 Å². The number of nitrogens with one attached hydrogen (secondary N) is 3. The molecule has 7 heteroatoms. The van der Waals surface area contributed by atoms with E-state index in [1.807, 2.05) is 30.3 Å². The van der Waals surface area contributed by atoms with Crippen molar-refractivity contribution in [1.29, 1.82) is 0 Å². The number of amides is 1. The van der Waals surface area contributed by atoms with E-state index in [2.05, 4.69) is 40.4 Å². The minimum Gasteiger partial charge on any atom is -0.454 e. The molecule has 0 aliphatic carbocycles. The number of fused-ring (bicyclic) bond motifs is 2. The fourth-order valence-corrected chi connectivity index (χ4v) is 3.54. The van der Waals surface area contributed by atoms with Crippen molar-refractivity contribution in [3.05, 3.63) is 65.0 Å². The lowest BCUT2D eigenvalue weighted by Crippen LogP contribution is -2.23. The van der Waals surface area contributed by atoms with E-state index in [0.717, 1.165) is 22.3 Å². The molecule has 146 valence electrons. The Balaban J connectivity index is 1.30. The van der Waals surface area contributed by atoms with Gasteiger partial charge in [0.05, 0.1) is 5.69 Å². The average Bonchev–Trinajstić information content (AvgIpc) is 3.45. The molecule has 4 aromatic rings. The van der Waals surface area contributed by atoms with Crippen LogP contribution < -0.4 is 14.8 Å². The molecule has 0 radical (unpaired) electrons. The number of benzene rings is 2. The van der Waals surface area contributed by atoms with Crippen LogP contribution in [0.2, 0.25) is 0 Å². The minimum atomic E-state index is -0.202. The summed E-state index contributed by atoms with van der Waals surface area (Å²) in [6.45, 7) is 4.82. The van der Waals surface area contributed by atoms with Crippen molar-refractivity contribution in [3.8, 4) is 22.8 Å². The second-order valence-electron chi connectivity index (χ2n) is 7.17. The number of hydrogen-bond acceptors (Lipinski definition) is 4. The molecule has 2 aromatic heterocycles. The molecule has 1 aliphatic rings. The number of ether oxygens (including phenoxy) is 2. The summed E-state index contributed by atoms with van der Waals surface area (Å²) < 4.78 is 10.7. The highest BCUT2D eigenvalue weighted by Gasteiger charge is 2.16. The lowest BCUT2D eigenvalue weighted by Gasteiger charge is -2.04. The maximum absolute atomic E-state index is 12.6. The largest absolute Gasteiger partial charge is 0.454 e. The van der Waals surface area contributed by atoms with E-state index in [1.54, 1.807) is 6.07 Å².